The third-order valence-electron chi connectivity index (χ3n) is 4.59. The van der Waals surface area contributed by atoms with Gasteiger partial charge in [0.15, 0.2) is 0 Å². The van der Waals surface area contributed by atoms with Crippen LogP contribution in [0.4, 0.5) is 10.5 Å². The van der Waals surface area contributed by atoms with E-state index in [1.54, 1.807) is 29.2 Å². The summed E-state index contributed by atoms with van der Waals surface area (Å²) in [7, 11) is 0. The fourth-order valence-electron chi connectivity index (χ4n) is 3.04. The van der Waals surface area contributed by atoms with E-state index in [9.17, 15) is 9.59 Å². The molecule has 0 atom stereocenters. The number of halogens is 2. The number of anilines is 1. The van der Waals surface area contributed by atoms with Crippen LogP contribution in [0, 0.1) is 10.5 Å². The van der Waals surface area contributed by atoms with E-state index in [-0.39, 0.29) is 11.9 Å². The summed E-state index contributed by atoms with van der Waals surface area (Å²) in [5.74, 6) is 0.0306. The van der Waals surface area contributed by atoms with E-state index in [0.717, 1.165) is 21.1 Å². The maximum atomic E-state index is 12.9. The molecule has 1 aliphatic rings. The van der Waals surface area contributed by atoms with Crippen molar-refractivity contribution in [1.82, 2.24) is 9.80 Å². The molecule has 1 aliphatic heterocycles. The second-order valence-corrected chi connectivity index (χ2v) is 8.02. The second-order valence-electron chi connectivity index (χ2n) is 6.51. The van der Waals surface area contributed by atoms with Crippen LogP contribution in [0.1, 0.15) is 22.3 Å². The van der Waals surface area contributed by atoms with Crippen molar-refractivity contribution in [3.8, 4) is 0 Å². The molecular weight excluding hydrogens is 477 g/mol. The van der Waals surface area contributed by atoms with Crippen LogP contribution >= 0.6 is 34.2 Å². The van der Waals surface area contributed by atoms with Crippen LogP contribution in [0.15, 0.2) is 42.5 Å². The van der Waals surface area contributed by atoms with Gasteiger partial charge in [0.25, 0.3) is 5.91 Å². The summed E-state index contributed by atoms with van der Waals surface area (Å²) < 4.78 is 0.988. The van der Waals surface area contributed by atoms with E-state index in [2.05, 4.69) is 27.9 Å². The van der Waals surface area contributed by atoms with E-state index in [1.165, 1.54) is 0 Å². The van der Waals surface area contributed by atoms with Gasteiger partial charge in [0, 0.05) is 40.5 Å². The lowest BCUT2D eigenvalue weighted by Crippen LogP contribution is -2.39. The van der Waals surface area contributed by atoms with Crippen LogP contribution in [-0.2, 0) is 0 Å². The summed E-state index contributed by atoms with van der Waals surface area (Å²) in [5.41, 5.74) is 2.53. The molecule has 0 unspecified atom stereocenters. The predicted octanol–water partition coefficient (Wildman–Crippen LogP) is 4.63. The zero-order valence-corrected chi connectivity index (χ0v) is 18.0. The Morgan fingerprint density at radius 1 is 1.00 bits per heavy atom. The van der Waals surface area contributed by atoms with Gasteiger partial charge < -0.3 is 15.1 Å². The molecule has 0 spiro atoms. The molecule has 3 rings (SSSR count). The van der Waals surface area contributed by atoms with Crippen LogP contribution in [0.2, 0.25) is 5.02 Å². The van der Waals surface area contributed by atoms with E-state index < -0.39 is 0 Å². The first-order valence-corrected chi connectivity index (χ1v) is 10.3. The van der Waals surface area contributed by atoms with Crippen molar-refractivity contribution < 1.29 is 9.59 Å². The van der Waals surface area contributed by atoms with Crippen LogP contribution in [0.3, 0.4) is 0 Å². The first kappa shape index (κ1) is 19.9. The zero-order chi connectivity index (χ0) is 19.4. The van der Waals surface area contributed by atoms with E-state index in [0.29, 0.717) is 36.9 Å². The number of carbonyl (C=O) groups excluding carboxylic acids is 2. The summed E-state index contributed by atoms with van der Waals surface area (Å²) in [6, 6.07) is 12.6. The van der Waals surface area contributed by atoms with Gasteiger partial charge in [0.05, 0.1) is 5.56 Å². The largest absolute Gasteiger partial charge is 0.337 e. The van der Waals surface area contributed by atoms with Crippen molar-refractivity contribution in [3.05, 3.63) is 62.2 Å². The Kier molecular flexibility index (Phi) is 6.59. The topological polar surface area (TPSA) is 52.7 Å². The summed E-state index contributed by atoms with van der Waals surface area (Å²) in [4.78, 5) is 29.0. The Morgan fingerprint density at radius 3 is 2.41 bits per heavy atom. The van der Waals surface area contributed by atoms with Gasteiger partial charge in [0.2, 0.25) is 0 Å². The van der Waals surface area contributed by atoms with Gasteiger partial charge in [-0.15, -0.1) is 0 Å². The molecule has 2 aromatic rings. The molecule has 0 aromatic heterocycles. The molecule has 7 heteroatoms. The fraction of sp³-hybridized carbons (Fsp3) is 0.300. The number of hydrogen-bond donors (Lipinski definition) is 1. The van der Waals surface area contributed by atoms with Crippen molar-refractivity contribution in [2.45, 2.75) is 13.3 Å². The molecule has 27 heavy (non-hydrogen) atoms. The van der Waals surface area contributed by atoms with Crippen LogP contribution in [-0.4, -0.2) is 47.9 Å². The number of nitrogens with one attached hydrogen (secondary N) is 1. The van der Waals surface area contributed by atoms with Crippen LogP contribution in [0.5, 0.6) is 0 Å². The summed E-state index contributed by atoms with van der Waals surface area (Å²) in [6.45, 7) is 4.30. The van der Waals surface area contributed by atoms with Gasteiger partial charge in [-0.1, -0.05) is 23.7 Å². The first-order valence-electron chi connectivity index (χ1n) is 8.81. The molecule has 3 amide bonds. The van der Waals surface area contributed by atoms with Gasteiger partial charge in [-0.3, -0.25) is 4.79 Å². The molecule has 1 fully saturated rings. The number of urea groups is 1. The Hall–Kier alpha value is -1.80. The van der Waals surface area contributed by atoms with Crippen molar-refractivity contribution in [3.63, 3.8) is 0 Å². The van der Waals surface area contributed by atoms with Crippen molar-refractivity contribution in [1.29, 1.82) is 0 Å². The Bertz CT molecular complexity index is 842. The molecule has 142 valence electrons. The predicted molar refractivity (Wildman–Crippen MR) is 116 cm³/mol. The third kappa shape index (κ3) is 4.93. The number of amides is 3. The van der Waals surface area contributed by atoms with E-state index >= 15 is 0 Å². The van der Waals surface area contributed by atoms with Gasteiger partial charge in [-0.2, -0.15) is 0 Å². The Morgan fingerprint density at radius 2 is 1.67 bits per heavy atom. The molecule has 0 saturated carbocycles. The first-order chi connectivity index (χ1) is 13.0. The van der Waals surface area contributed by atoms with Crippen molar-refractivity contribution >= 4 is 51.8 Å². The number of rotatable bonds is 2. The molecule has 2 aromatic carbocycles. The molecule has 1 N–H and O–H groups in total. The smallest absolute Gasteiger partial charge is 0.321 e. The average Bonchev–Trinajstić information content (AvgIpc) is 2.91. The van der Waals surface area contributed by atoms with Crippen LogP contribution in [0.25, 0.3) is 0 Å². The molecular formula is C20H21ClIN3O2. The number of carbonyl (C=O) groups is 2. The minimum atomic E-state index is -0.156. The highest BCUT2D eigenvalue weighted by Crippen LogP contribution is 2.20. The summed E-state index contributed by atoms with van der Waals surface area (Å²) in [6.07, 6.45) is 0.752. The highest BCUT2D eigenvalue weighted by atomic mass is 127. The van der Waals surface area contributed by atoms with Crippen molar-refractivity contribution in [2.75, 3.05) is 31.5 Å². The van der Waals surface area contributed by atoms with Crippen LogP contribution < -0.4 is 5.32 Å². The van der Waals surface area contributed by atoms with E-state index in [4.69, 9.17) is 11.6 Å². The molecule has 0 aliphatic carbocycles. The van der Waals surface area contributed by atoms with E-state index in [1.807, 2.05) is 30.0 Å². The molecule has 0 bridgehead atoms. The highest BCUT2D eigenvalue weighted by Gasteiger charge is 2.24. The number of hydrogen-bond acceptors (Lipinski definition) is 2. The van der Waals surface area contributed by atoms with Gasteiger partial charge in [0.1, 0.15) is 0 Å². The number of nitrogens with zero attached hydrogens (tertiary/aromatic N) is 2. The maximum Gasteiger partial charge on any atom is 0.321 e. The lowest BCUT2D eigenvalue weighted by atomic mass is 10.1. The lowest BCUT2D eigenvalue weighted by Gasteiger charge is -2.23. The highest BCUT2D eigenvalue weighted by molar-refractivity contribution is 14.1. The monoisotopic (exact) mass is 497 g/mol. The minimum absolute atomic E-state index is 0.0306. The van der Waals surface area contributed by atoms with Gasteiger partial charge >= 0.3 is 6.03 Å². The number of aryl methyl sites for hydroxylation is 1. The SMILES string of the molecule is Cc1cccc(C(=O)N2CCCN(C(=O)Nc3ccc(Cl)cc3)CC2)c1I. The van der Waals surface area contributed by atoms with Gasteiger partial charge in [-0.25, -0.2) is 4.79 Å². The zero-order valence-electron chi connectivity index (χ0n) is 15.0. The fourth-order valence-corrected chi connectivity index (χ4v) is 3.76. The molecule has 5 nitrogen and oxygen atoms in total. The Balaban J connectivity index is 1.63. The second kappa shape index (κ2) is 8.93. The Labute approximate surface area is 177 Å². The average molecular weight is 498 g/mol. The summed E-state index contributed by atoms with van der Waals surface area (Å²) in [5, 5.41) is 3.51. The minimum Gasteiger partial charge on any atom is -0.337 e. The summed E-state index contributed by atoms with van der Waals surface area (Å²) >= 11 is 8.10. The normalized spacial score (nSPS) is 14.6. The standard InChI is InChI=1S/C20H21ClIN3O2/c1-14-4-2-5-17(18(14)22)19(26)24-10-3-11-25(13-12-24)20(27)23-16-8-6-15(21)7-9-16/h2,4-9H,3,10-13H2,1H3,(H,23,27). The van der Waals surface area contributed by atoms with Gasteiger partial charge in [-0.05, 0) is 71.8 Å². The lowest BCUT2D eigenvalue weighted by molar-refractivity contribution is 0.0761. The maximum absolute atomic E-state index is 12.9. The molecule has 1 saturated heterocycles. The molecule has 0 radical (unpaired) electrons. The third-order valence-corrected chi connectivity index (χ3v) is 6.27. The quantitative estimate of drug-likeness (QED) is 0.615. The number of benzene rings is 2. The van der Waals surface area contributed by atoms with Crippen molar-refractivity contribution in [2.24, 2.45) is 0 Å². The molecule has 1 heterocycles.